The quantitative estimate of drug-likeness (QED) is 0.558. The highest BCUT2D eigenvalue weighted by Crippen LogP contribution is 2.20. The van der Waals surface area contributed by atoms with Gasteiger partial charge in [0.15, 0.2) is 0 Å². The van der Waals surface area contributed by atoms with Crippen LogP contribution in [0.25, 0.3) is 5.78 Å². The molecule has 8 heteroatoms. The smallest absolute Gasteiger partial charge is 0.253 e. The van der Waals surface area contributed by atoms with Crippen LogP contribution in [0.1, 0.15) is 5.69 Å². The molecule has 0 saturated heterocycles. The molecule has 0 aliphatic carbocycles. The van der Waals surface area contributed by atoms with Crippen LogP contribution in [0.15, 0.2) is 46.2 Å². The van der Waals surface area contributed by atoms with Crippen LogP contribution in [0.4, 0.5) is 5.69 Å². The number of amides is 1. The minimum absolute atomic E-state index is 0.0779. The molecule has 2 heterocycles. The minimum Gasteiger partial charge on any atom is -0.325 e. The average molecular weight is 378 g/mol. The fourth-order valence-corrected chi connectivity index (χ4v) is 3.16. The molecule has 1 aromatic carbocycles. The Kier molecular flexibility index (Phi) is 4.39. The van der Waals surface area contributed by atoms with E-state index in [1.165, 1.54) is 18.1 Å². The van der Waals surface area contributed by atoms with Crippen LogP contribution in [0.3, 0.4) is 0 Å². The maximum absolute atomic E-state index is 12.0. The Morgan fingerprint density at radius 1 is 1.41 bits per heavy atom. The number of thioether (sulfide) groups is 1. The van der Waals surface area contributed by atoms with Crippen molar-refractivity contribution in [3.05, 3.63) is 46.8 Å². The summed E-state index contributed by atoms with van der Waals surface area (Å²) in [6.07, 6.45) is 1.45. The highest BCUT2D eigenvalue weighted by atomic mass is 79.9. The third-order valence-corrected chi connectivity index (χ3v) is 4.29. The maximum atomic E-state index is 12.0. The highest BCUT2D eigenvalue weighted by Gasteiger charge is 2.09. The fraction of sp³-hybridized carbons (Fsp3) is 0.143. The van der Waals surface area contributed by atoms with Crippen molar-refractivity contribution in [3.63, 3.8) is 0 Å². The molecule has 112 valence electrons. The number of carbonyl (C=O) groups excluding carboxylic acids is 1. The summed E-state index contributed by atoms with van der Waals surface area (Å²) in [7, 11) is 0. The summed E-state index contributed by atoms with van der Waals surface area (Å²) >= 11 is 4.77. The van der Waals surface area contributed by atoms with Crippen molar-refractivity contribution < 1.29 is 4.79 Å². The number of benzene rings is 1. The molecule has 0 aliphatic heterocycles. The second-order valence-electron chi connectivity index (χ2n) is 4.55. The van der Waals surface area contributed by atoms with Gasteiger partial charge in [0.05, 0.1) is 5.75 Å². The van der Waals surface area contributed by atoms with Crippen molar-refractivity contribution >= 4 is 45.1 Å². The number of aryl methyl sites for hydroxylation is 1. The minimum atomic E-state index is -0.0779. The second kappa shape index (κ2) is 6.45. The number of aromatic nitrogens is 4. The summed E-state index contributed by atoms with van der Waals surface area (Å²) < 4.78 is 2.55. The zero-order valence-electron chi connectivity index (χ0n) is 11.7. The molecule has 22 heavy (non-hydrogen) atoms. The van der Waals surface area contributed by atoms with E-state index in [4.69, 9.17) is 0 Å². The number of nitrogens with one attached hydrogen (secondary N) is 1. The van der Waals surface area contributed by atoms with E-state index in [2.05, 4.69) is 36.3 Å². The van der Waals surface area contributed by atoms with Crippen LogP contribution in [-0.4, -0.2) is 31.2 Å². The van der Waals surface area contributed by atoms with Crippen molar-refractivity contribution in [2.75, 3.05) is 11.1 Å². The first-order chi connectivity index (χ1) is 10.6. The molecule has 3 aromatic rings. The largest absolute Gasteiger partial charge is 0.325 e. The van der Waals surface area contributed by atoms with E-state index in [-0.39, 0.29) is 11.7 Å². The first-order valence-corrected chi connectivity index (χ1v) is 8.25. The lowest BCUT2D eigenvalue weighted by Gasteiger charge is -2.07. The third kappa shape index (κ3) is 3.45. The summed E-state index contributed by atoms with van der Waals surface area (Å²) in [5.41, 5.74) is 1.60. The molecule has 3 rings (SSSR count). The van der Waals surface area contributed by atoms with Crippen molar-refractivity contribution in [1.82, 2.24) is 19.6 Å². The summed E-state index contributed by atoms with van der Waals surface area (Å²) in [4.78, 5) is 20.4. The number of halogens is 1. The van der Waals surface area contributed by atoms with E-state index in [1.807, 2.05) is 37.3 Å². The molecule has 6 nitrogen and oxygen atoms in total. The lowest BCUT2D eigenvalue weighted by atomic mass is 10.3. The molecule has 0 radical (unpaired) electrons. The zero-order chi connectivity index (χ0) is 15.5. The van der Waals surface area contributed by atoms with Gasteiger partial charge in [0.25, 0.3) is 5.78 Å². The molecule has 0 aliphatic rings. The Morgan fingerprint density at radius 2 is 2.27 bits per heavy atom. The van der Waals surface area contributed by atoms with E-state index in [0.717, 1.165) is 20.9 Å². The maximum Gasteiger partial charge on any atom is 0.253 e. The van der Waals surface area contributed by atoms with Gasteiger partial charge in [-0.3, -0.25) is 4.79 Å². The Hall–Kier alpha value is -1.93. The molecule has 1 N–H and O–H groups in total. The molecule has 0 bridgehead atoms. The standard InChI is InChI=1S/C14H12BrN5OS/c1-9-5-13(20-14(18-9)16-8-17-20)22-7-12(21)19-11-4-2-3-10(15)6-11/h2-6,8H,7H2,1H3,(H,19,21). The Labute approximate surface area is 139 Å². The molecule has 0 spiro atoms. The number of hydrogen-bond acceptors (Lipinski definition) is 5. The first-order valence-electron chi connectivity index (χ1n) is 6.47. The van der Waals surface area contributed by atoms with Crippen LogP contribution in [0.2, 0.25) is 0 Å². The van der Waals surface area contributed by atoms with Crippen molar-refractivity contribution in [3.8, 4) is 0 Å². The Balaban J connectivity index is 1.68. The zero-order valence-corrected chi connectivity index (χ0v) is 14.1. The number of rotatable bonds is 4. The van der Waals surface area contributed by atoms with Gasteiger partial charge in [-0.2, -0.15) is 14.6 Å². The predicted octanol–water partition coefficient (Wildman–Crippen LogP) is 2.93. The van der Waals surface area contributed by atoms with Gasteiger partial charge in [-0.05, 0) is 31.2 Å². The summed E-state index contributed by atoms with van der Waals surface area (Å²) in [5.74, 6) is 0.742. The highest BCUT2D eigenvalue weighted by molar-refractivity contribution is 9.10. The van der Waals surface area contributed by atoms with Crippen LogP contribution < -0.4 is 5.32 Å². The summed E-state index contributed by atoms with van der Waals surface area (Å²) in [5, 5.41) is 7.81. The lowest BCUT2D eigenvalue weighted by molar-refractivity contribution is -0.113. The summed E-state index contributed by atoms with van der Waals surface area (Å²) in [6.45, 7) is 1.89. The van der Waals surface area contributed by atoms with Crippen molar-refractivity contribution in [2.45, 2.75) is 11.9 Å². The predicted molar refractivity (Wildman–Crippen MR) is 89.0 cm³/mol. The Morgan fingerprint density at radius 3 is 3.09 bits per heavy atom. The van der Waals surface area contributed by atoms with Crippen molar-refractivity contribution in [1.29, 1.82) is 0 Å². The first kappa shape index (κ1) is 15.0. The van der Waals surface area contributed by atoms with E-state index < -0.39 is 0 Å². The molecule has 1 amide bonds. The lowest BCUT2D eigenvalue weighted by Crippen LogP contribution is -2.14. The normalized spacial score (nSPS) is 10.8. The van der Waals surface area contributed by atoms with E-state index in [1.54, 1.807) is 4.52 Å². The Bertz CT molecular complexity index is 835. The molecule has 0 unspecified atom stereocenters. The van der Waals surface area contributed by atoms with Crippen LogP contribution in [-0.2, 0) is 4.79 Å². The monoisotopic (exact) mass is 377 g/mol. The number of carbonyl (C=O) groups is 1. The topological polar surface area (TPSA) is 72.2 Å². The number of hydrogen-bond donors (Lipinski definition) is 1. The third-order valence-electron chi connectivity index (χ3n) is 2.81. The van der Waals surface area contributed by atoms with Gasteiger partial charge >= 0.3 is 0 Å². The fourth-order valence-electron chi connectivity index (χ4n) is 1.90. The van der Waals surface area contributed by atoms with Gasteiger partial charge in [0.1, 0.15) is 11.4 Å². The molecule has 0 atom stereocenters. The van der Waals surface area contributed by atoms with Gasteiger partial charge in [-0.25, -0.2) is 4.98 Å². The molecule has 2 aromatic heterocycles. The summed E-state index contributed by atoms with van der Waals surface area (Å²) in [6, 6.07) is 9.37. The van der Waals surface area contributed by atoms with Gasteiger partial charge < -0.3 is 5.32 Å². The molecular weight excluding hydrogens is 366 g/mol. The van der Waals surface area contributed by atoms with E-state index in [9.17, 15) is 4.79 Å². The SMILES string of the molecule is Cc1cc(SCC(=O)Nc2cccc(Br)c2)n2ncnc2n1. The van der Waals surface area contributed by atoms with Gasteiger partial charge in [-0.15, -0.1) is 0 Å². The molecule has 0 fully saturated rings. The molecule has 0 saturated carbocycles. The average Bonchev–Trinajstić information content (AvgIpc) is 2.93. The van der Waals surface area contributed by atoms with E-state index >= 15 is 0 Å². The van der Waals surface area contributed by atoms with Crippen LogP contribution in [0.5, 0.6) is 0 Å². The van der Waals surface area contributed by atoms with Gasteiger partial charge in [-0.1, -0.05) is 33.8 Å². The van der Waals surface area contributed by atoms with E-state index in [0.29, 0.717) is 5.78 Å². The second-order valence-corrected chi connectivity index (χ2v) is 6.47. The number of nitrogens with zero attached hydrogens (tertiary/aromatic N) is 4. The van der Waals surface area contributed by atoms with Gasteiger partial charge in [0.2, 0.25) is 5.91 Å². The number of anilines is 1. The van der Waals surface area contributed by atoms with Crippen molar-refractivity contribution in [2.24, 2.45) is 0 Å². The van der Waals surface area contributed by atoms with Crippen LogP contribution in [0, 0.1) is 6.92 Å². The molecular formula is C14H12BrN5OS. The van der Waals surface area contributed by atoms with Gasteiger partial charge in [0, 0.05) is 15.9 Å². The van der Waals surface area contributed by atoms with Crippen LogP contribution >= 0.6 is 27.7 Å². The number of fused-ring (bicyclic) bond motifs is 1.